The molecule has 2 nitrogen and oxygen atoms in total. The first kappa shape index (κ1) is 10.4. The SMILES string of the molecule is CCOC(=O)C1CC([B-](F)(F)F)C1. The molecule has 1 fully saturated rings. The number of carbonyl (C=O) groups excluding carboxylic acids is 1. The second kappa shape index (κ2) is 3.60. The van der Waals surface area contributed by atoms with Crippen LogP contribution in [0.25, 0.3) is 0 Å². The molecule has 0 spiro atoms. The highest BCUT2D eigenvalue weighted by Gasteiger charge is 2.46. The van der Waals surface area contributed by atoms with E-state index in [0.29, 0.717) is 0 Å². The molecule has 0 heterocycles. The van der Waals surface area contributed by atoms with E-state index in [2.05, 4.69) is 4.74 Å². The van der Waals surface area contributed by atoms with E-state index in [1.165, 1.54) is 0 Å². The highest BCUT2D eigenvalue weighted by molar-refractivity contribution is 6.60. The number of esters is 1. The normalized spacial score (nSPS) is 28.0. The van der Waals surface area contributed by atoms with Crippen LogP contribution >= 0.6 is 0 Å². The van der Waals surface area contributed by atoms with Crippen LogP contribution in [0.4, 0.5) is 12.9 Å². The van der Waals surface area contributed by atoms with Crippen LogP contribution in [-0.2, 0) is 9.53 Å². The third-order valence-corrected chi connectivity index (χ3v) is 2.33. The minimum Gasteiger partial charge on any atom is -0.466 e. The maximum absolute atomic E-state index is 12.0. The van der Waals surface area contributed by atoms with Crippen LogP contribution < -0.4 is 0 Å². The molecule has 0 atom stereocenters. The van der Waals surface area contributed by atoms with Crippen molar-refractivity contribution in [1.82, 2.24) is 0 Å². The van der Waals surface area contributed by atoms with Crippen LogP contribution in [0.3, 0.4) is 0 Å². The summed E-state index contributed by atoms with van der Waals surface area (Å²) < 4.78 is 40.7. The molecule has 0 unspecified atom stereocenters. The first-order chi connectivity index (χ1) is 5.95. The number of ether oxygens (including phenoxy) is 1. The fourth-order valence-electron chi connectivity index (χ4n) is 1.42. The van der Waals surface area contributed by atoms with Gasteiger partial charge in [-0.05, 0) is 6.92 Å². The van der Waals surface area contributed by atoms with E-state index in [1.54, 1.807) is 6.92 Å². The minimum atomic E-state index is -4.75. The molecule has 0 saturated heterocycles. The van der Waals surface area contributed by atoms with Crippen molar-refractivity contribution >= 4 is 12.9 Å². The predicted octanol–water partition coefficient (Wildman–Crippen LogP) is 2.18. The highest BCUT2D eigenvalue weighted by atomic mass is 19.4. The summed E-state index contributed by atoms with van der Waals surface area (Å²) >= 11 is 0. The van der Waals surface area contributed by atoms with Gasteiger partial charge in [-0.3, -0.25) is 4.79 Å². The van der Waals surface area contributed by atoms with Crippen molar-refractivity contribution < 1.29 is 22.5 Å². The van der Waals surface area contributed by atoms with Gasteiger partial charge in [0.2, 0.25) is 0 Å². The molecule has 6 heteroatoms. The summed E-state index contributed by atoms with van der Waals surface area (Å²) in [5.74, 6) is -2.25. The van der Waals surface area contributed by atoms with Crippen LogP contribution in [0.2, 0.25) is 5.82 Å². The van der Waals surface area contributed by atoms with Crippen LogP contribution in [-0.4, -0.2) is 19.6 Å². The van der Waals surface area contributed by atoms with E-state index in [9.17, 15) is 17.7 Å². The van der Waals surface area contributed by atoms with E-state index in [1.807, 2.05) is 0 Å². The van der Waals surface area contributed by atoms with E-state index < -0.39 is 24.7 Å². The largest absolute Gasteiger partial charge is 0.481 e. The molecule has 0 aromatic rings. The third kappa shape index (κ3) is 2.38. The highest BCUT2D eigenvalue weighted by Crippen LogP contribution is 2.47. The van der Waals surface area contributed by atoms with Gasteiger partial charge in [-0.15, -0.1) is 0 Å². The minimum absolute atomic E-state index is 0.0810. The zero-order chi connectivity index (χ0) is 10.1. The van der Waals surface area contributed by atoms with Crippen molar-refractivity contribution in [3.63, 3.8) is 0 Å². The maximum atomic E-state index is 12.0. The maximum Gasteiger partial charge on any atom is 0.481 e. The van der Waals surface area contributed by atoms with Crippen molar-refractivity contribution in [2.75, 3.05) is 6.61 Å². The first-order valence-corrected chi connectivity index (χ1v) is 4.31. The molecule has 0 aromatic heterocycles. The number of carbonyl (C=O) groups is 1. The Morgan fingerprint density at radius 2 is 2.00 bits per heavy atom. The summed E-state index contributed by atoms with van der Waals surface area (Å²) in [6.07, 6.45) is -0.162. The van der Waals surface area contributed by atoms with Gasteiger partial charge in [0.1, 0.15) is 0 Å². The molecule has 0 N–H and O–H groups in total. The Labute approximate surface area is 74.5 Å². The van der Waals surface area contributed by atoms with Gasteiger partial charge in [-0.25, -0.2) is 0 Å². The topological polar surface area (TPSA) is 26.3 Å². The summed E-state index contributed by atoms with van der Waals surface area (Å²) in [4.78, 5) is 10.9. The number of hydrogen-bond acceptors (Lipinski definition) is 2. The molecule has 76 valence electrons. The van der Waals surface area contributed by atoms with E-state index in [4.69, 9.17) is 0 Å². The Balaban J connectivity index is 2.29. The molecule has 13 heavy (non-hydrogen) atoms. The monoisotopic (exact) mass is 195 g/mol. The van der Waals surface area contributed by atoms with Crippen LogP contribution in [0, 0.1) is 5.92 Å². The van der Waals surface area contributed by atoms with Crippen LogP contribution in [0.15, 0.2) is 0 Å². The quantitative estimate of drug-likeness (QED) is 0.509. The van der Waals surface area contributed by atoms with Gasteiger partial charge in [0, 0.05) is 0 Å². The smallest absolute Gasteiger partial charge is 0.466 e. The lowest BCUT2D eigenvalue weighted by atomic mass is 9.56. The lowest BCUT2D eigenvalue weighted by Gasteiger charge is -2.39. The molecule has 1 rings (SSSR count). The van der Waals surface area contributed by atoms with Gasteiger partial charge >= 0.3 is 12.9 Å². The fourth-order valence-corrected chi connectivity index (χ4v) is 1.42. The van der Waals surface area contributed by atoms with Gasteiger partial charge in [0.15, 0.2) is 0 Å². The molecule has 0 aromatic carbocycles. The first-order valence-electron chi connectivity index (χ1n) is 4.31. The average molecular weight is 195 g/mol. The standard InChI is InChI=1S/C7H11BF3O2/c1-2-13-7(12)5-3-6(4-5)8(9,10)11/h5-6H,2-4H2,1H3/q-1. The molecule has 0 aliphatic heterocycles. The fraction of sp³-hybridized carbons (Fsp3) is 0.857. The van der Waals surface area contributed by atoms with E-state index in [0.717, 1.165) is 0 Å². The summed E-state index contributed by atoms with van der Waals surface area (Å²) in [5, 5.41) is 0. The Bertz CT molecular complexity index is 198. The van der Waals surface area contributed by atoms with Gasteiger partial charge in [-0.2, -0.15) is 0 Å². The zero-order valence-corrected chi connectivity index (χ0v) is 7.30. The van der Waals surface area contributed by atoms with Crippen LogP contribution in [0.1, 0.15) is 19.8 Å². The number of rotatable bonds is 3. The predicted molar refractivity (Wildman–Crippen MR) is 42.2 cm³/mol. The molecular formula is C7H11BF3O2-. The van der Waals surface area contributed by atoms with Gasteiger partial charge in [0.05, 0.1) is 12.5 Å². The second-order valence-electron chi connectivity index (χ2n) is 3.31. The summed E-state index contributed by atoms with van der Waals surface area (Å²) in [7, 11) is 0. The molecule has 0 amide bonds. The van der Waals surface area contributed by atoms with E-state index in [-0.39, 0.29) is 19.4 Å². The number of halogens is 3. The van der Waals surface area contributed by atoms with Crippen molar-refractivity contribution in [2.24, 2.45) is 5.92 Å². The Kier molecular flexibility index (Phi) is 2.88. The summed E-state index contributed by atoms with van der Waals surface area (Å²) in [6.45, 7) is -2.88. The second-order valence-corrected chi connectivity index (χ2v) is 3.31. The molecular weight excluding hydrogens is 184 g/mol. The summed E-state index contributed by atoms with van der Waals surface area (Å²) in [5.41, 5.74) is 0. The molecule has 0 bridgehead atoms. The number of hydrogen-bond donors (Lipinski definition) is 0. The van der Waals surface area contributed by atoms with Crippen molar-refractivity contribution in [3.8, 4) is 0 Å². The Morgan fingerprint density at radius 1 is 1.46 bits per heavy atom. The molecule has 1 aliphatic rings. The Morgan fingerprint density at radius 3 is 2.38 bits per heavy atom. The van der Waals surface area contributed by atoms with Crippen molar-refractivity contribution in [2.45, 2.75) is 25.6 Å². The zero-order valence-electron chi connectivity index (χ0n) is 7.30. The van der Waals surface area contributed by atoms with E-state index >= 15 is 0 Å². The van der Waals surface area contributed by atoms with Crippen molar-refractivity contribution in [1.29, 1.82) is 0 Å². The van der Waals surface area contributed by atoms with Gasteiger partial charge in [-0.1, -0.05) is 18.7 Å². The third-order valence-electron chi connectivity index (χ3n) is 2.33. The Hall–Kier alpha value is -0.675. The summed E-state index contributed by atoms with van der Waals surface area (Å²) in [6, 6.07) is 0. The van der Waals surface area contributed by atoms with Gasteiger partial charge < -0.3 is 17.7 Å². The van der Waals surface area contributed by atoms with Crippen molar-refractivity contribution in [3.05, 3.63) is 0 Å². The lowest BCUT2D eigenvalue weighted by Crippen LogP contribution is -2.39. The molecule has 1 aliphatic carbocycles. The van der Waals surface area contributed by atoms with Gasteiger partial charge in [0.25, 0.3) is 0 Å². The molecule has 1 saturated carbocycles. The average Bonchev–Trinajstić information content (AvgIpc) is 1.79. The van der Waals surface area contributed by atoms with Crippen LogP contribution in [0.5, 0.6) is 0 Å². The lowest BCUT2D eigenvalue weighted by molar-refractivity contribution is -0.151. The molecule has 0 radical (unpaired) electrons.